The Morgan fingerprint density at radius 3 is 2.43 bits per heavy atom. The summed E-state index contributed by atoms with van der Waals surface area (Å²) in [6.45, 7) is 2.01. The van der Waals surface area contributed by atoms with Gasteiger partial charge in [0.25, 0.3) is 0 Å². The third kappa shape index (κ3) is 3.49. The van der Waals surface area contributed by atoms with Crippen molar-refractivity contribution in [3.63, 3.8) is 0 Å². The highest BCUT2D eigenvalue weighted by Crippen LogP contribution is 2.35. The molecule has 0 saturated heterocycles. The van der Waals surface area contributed by atoms with Crippen LogP contribution in [0, 0.1) is 6.92 Å². The van der Waals surface area contributed by atoms with Gasteiger partial charge >= 0.3 is 0 Å². The van der Waals surface area contributed by atoms with Crippen LogP contribution in [0.5, 0.6) is 0 Å². The molecule has 0 aliphatic carbocycles. The number of aryl methyl sites for hydroxylation is 1. The standard InChI is InChI=1S/C20H16ClN3O2S2/c1-13-10-11-27-20(13)18-12-16(14-6-8-15(21)9-7-14)23-24(18)17-4-2-3-5-19(17)28(22,25)26/h2-12H,1H3,(H2,22,25,26). The first-order chi connectivity index (χ1) is 13.3. The van der Waals surface area contributed by atoms with E-state index in [2.05, 4.69) is 0 Å². The topological polar surface area (TPSA) is 78.0 Å². The maximum atomic E-state index is 12.1. The molecule has 2 aromatic heterocycles. The van der Waals surface area contributed by atoms with Crippen LogP contribution in [0.3, 0.4) is 0 Å². The quantitative estimate of drug-likeness (QED) is 0.502. The average Bonchev–Trinajstić information content (AvgIpc) is 3.27. The van der Waals surface area contributed by atoms with E-state index in [1.165, 1.54) is 6.07 Å². The molecule has 0 bridgehead atoms. The molecule has 5 nitrogen and oxygen atoms in total. The van der Waals surface area contributed by atoms with E-state index in [1.807, 2.05) is 36.6 Å². The molecule has 142 valence electrons. The van der Waals surface area contributed by atoms with E-state index in [9.17, 15) is 8.42 Å². The van der Waals surface area contributed by atoms with Gasteiger partial charge in [-0.15, -0.1) is 11.3 Å². The molecule has 28 heavy (non-hydrogen) atoms. The van der Waals surface area contributed by atoms with Crippen molar-refractivity contribution >= 4 is 33.0 Å². The van der Waals surface area contributed by atoms with Gasteiger partial charge in [0.2, 0.25) is 10.0 Å². The number of para-hydroxylation sites is 1. The van der Waals surface area contributed by atoms with Crippen molar-refractivity contribution in [2.75, 3.05) is 0 Å². The number of benzene rings is 2. The van der Waals surface area contributed by atoms with Crippen LogP contribution in [0.15, 0.2) is 70.9 Å². The molecule has 0 atom stereocenters. The molecule has 2 N–H and O–H groups in total. The third-order valence-electron chi connectivity index (χ3n) is 4.34. The van der Waals surface area contributed by atoms with E-state index in [1.54, 1.807) is 46.4 Å². The Bertz CT molecular complexity index is 1260. The van der Waals surface area contributed by atoms with Gasteiger partial charge in [-0.2, -0.15) is 5.10 Å². The number of nitrogens with zero attached hydrogens (tertiary/aromatic N) is 2. The van der Waals surface area contributed by atoms with Crippen LogP contribution in [-0.2, 0) is 10.0 Å². The first kappa shape index (κ1) is 18.9. The number of hydrogen-bond donors (Lipinski definition) is 1. The van der Waals surface area contributed by atoms with Crippen LogP contribution in [0.25, 0.3) is 27.5 Å². The van der Waals surface area contributed by atoms with Crippen LogP contribution < -0.4 is 5.14 Å². The van der Waals surface area contributed by atoms with E-state index in [4.69, 9.17) is 21.8 Å². The molecule has 0 radical (unpaired) electrons. The first-order valence-corrected chi connectivity index (χ1v) is 11.2. The maximum absolute atomic E-state index is 12.1. The first-order valence-electron chi connectivity index (χ1n) is 8.37. The molecule has 0 fully saturated rings. The largest absolute Gasteiger partial charge is 0.240 e. The van der Waals surface area contributed by atoms with Gasteiger partial charge in [0.15, 0.2) is 0 Å². The summed E-state index contributed by atoms with van der Waals surface area (Å²) in [6.07, 6.45) is 0. The van der Waals surface area contributed by atoms with Crippen LogP contribution in [0.4, 0.5) is 0 Å². The SMILES string of the molecule is Cc1ccsc1-c1cc(-c2ccc(Cl)cc2)nn1-c1ccccc1S(N)(=O)=O. The molecule has 0 aliphatic heterocycles. The Balaban J connectivity index is 2.00. The predicted molar refractivity (Wildman–Crippen MR) is 113 cm³/mol. The fourth-order valence-electron chi connectivity index (χ4n) is 3.00. The second-order valence-corrected chi connectivity index (χ2v) is 9.16. The number of sulfonamides is 1. The minimum atomic E-state index is -3.91. The molecule has 0 saturated carbocycles. The summed E-state index contributed by atoms with van der Waals surface area (Å²) in [5.41, 5.74) is 3.89. The highest BCUT2D eigenvalue weighted by molar-refractivity contribution is 7.89. The fraction of sp³-hybridized carbons (Fsp3) is 0.0500. The van der Waals surface area contributed by atoms with Gasteiger partial charge in [-0.05, 0) is 54.3 Å². The molecular formula is C20H16ClN3O2S2. The summed E-state index contributed by atoms with van der Waals surface area (Å²) >= 11 is 7.57. The molecule has 0 amide bonds. The normalized spacial score (nSPS) is 11.7. The second kappa shape index (κ2) is 7.18. The lowest BCUT2D eigenvalue weighted by atomic mass is 10.1. The van der Waals surface area contributed by atoms with Crippen molar-refractivity contribution in [1.82, 2.24) is 9.78 Å². The van der Waals surface area contributed by atoms with Crippen molar-refractivity contribution in [1.29, 1.82) is 0 Å². The Morgan fingerprint density at radius 2 is 1.79 bits per heavy atom. The fourth-order valence-corrected chi connectivity index (χ4v) is 4.76. The van der Waals surface area contributed by atoms with E-state index >= 15 is 0 Å². The average molecular weight is 430 g/mol. The molecule has 0 spiro atoms. The zero-order valence-electron chi connectivity index (χ0n) is 14.8. The smallest absolute Gasteiger partial charge is 0.230 e. The van der Waals surface area contributed by atoms with Gasteiger partial charge in [-0.3, -0.25) is 0 Å². The number of hydrogen-bond acceptors (Lipinski definition) is 4. The predicted octanol–water partition coefficient (Wildman–Crippen LogP) is 4.88. The molecule has 8 heteroatoms. The van der Waals surface area contributed by atoms with E-state index < -0.39 is 10.0 Å². The molecule has 2 aromatic carbocycles. The summed E-state index contributed by atoms with van der Waals surface area (Å²) in [5, 5.41) is 12.8. The van der Waals surface area contributed by atoms with Crippen molar-refractivity contribution in [2.24, 2.45) is 5.14 Å². The number of halogens is 1. The Labute approximate surface area is 172 Å². The minimum absolute atomic E-state index is 0.0243. The minimum Gasteiger partial charge on any atom is -0.230 e. The van der Waals surface area contributed by atoms with Crippen LogP contribution in [-0.4, -0.2) is 18.2 Å². The Kier molecular flexibility index (Phi) is 4.84. The van der Waals surface area contributed by atoms with Gasteiger partial charge in [0, 0.05) is 10.6 Å². The van der Waals surface area contributed by atoms with Gasteiger partial charge in [-0.25, -0.2) is 18.2 Å². The van der Waals surface area contributed by atoms with Crippen LogP contribution in [0.1, 0.15) is 5.56 Å². The van der Waals surface area contributed by atoms with E-state index in [-0.39, 0.29) is 4.90 Å². The lowest BCUT2D eigenvalue weighted by Crippen LogP contribution is -2.16. The number of primary sulfonamides is 1. The van der Waals surface area contributed by atoms with Crippen LogP contribution >= 0.6 is 22.9 Å². The summed E-state index contributed by atoms with van der Waals surface area (Å²) < 4.78 is 25.9. The molecule has 0 unspecified atom stereocenters. The van der Waals surface area contributed by atoms with Crippen molar-refractivity contribution in [3.05, 3.63) is 76.6 Å². The lowest BCUT2D eigenvalue weighted by molar-refractivity contribution is 0.596. The monoisotopic (exact) mass is 429 g/mol. The van der Waals surface area contributed by atoms with Gasteiger partial charge < -0.3 is 0 Å². The molecule has 4 aromatic rings. The molecular weight excluding hydrogens is 414 g/mol. The molecule has 4 rings (SSSR count). The Hall–Kier alpha value is -2.45. The Morgan fingerprint density at radius 1 is 1.07 bits per heavy atom. The maximum Gasteiger partial charge on any atom is 0.240 e. The highest BCUT2D eigenvalue weighted by Gasteiger charge is 2.21. The zero-order chi connectivity index (χ0) is 19.9. The lowest BCUT2D eigenvalue weighted by Gasteiger charge is -2.11. The summed E-state index contributed by atoms with van der Waals surface area (Å²) in [5.74, 6) is 0. The van der Waals surface area contributed by atoms with Gasteiger partial charge in [0.1, 0.15) is 4.90 Å². The van der Waals surface area contributed by atoms with Gasteiger partial charge in [0.05, 0.1) is 22.0 Å². The zero-order valence-corrected chi connectivity index (χ0v) is 17.2. The summed E-state index contributed by atoms with van der Waals surface area (Å²) in [6, 6.07) is 17.9. The van der Waals surface area contributed by atoms with E-state index in [0.717, 1.165) is 21.7 Å². The van der Waals surface area contributed by atoms with Crippen molar-refractivity contribution in [3.8, 4) is 27.5 Å². The van der Waals surface area contributed by atoms with Crippen molar-refractivity contribution in [2.45, 2.75) is 11.8 Å². The summed E-state index contributed by atoms with van der Waals surface area (Å²) in [4.78, 5) is 1.04. The number of nitrogens with two attached hydrogens (primary N) is 1. The number of thiophene rings is 1. The van der Waals surface area contributed by atoms with Gasteiger partial charge in [-0.1, -0.05) is 35.9 Å². The summed E-state index contributed by atoms with van der Waals surface area (Å²) in [7, 11) is -3.91. The second-order valence-electron chi connectivity index (χ2n) is 6.28. The van der Waals surface area contributed by atoms with Crippen LogP contribution in [0.2, 0.25) is 5.02 Å². The van der Waals surface area contributed by atoms with Crippen molar-refractivity contribution < 1.29 is 8.42 Å². The number of rotatable bonds is 4. The van der Waals surface area contributed by atoms with E-state index in [0.29, 0.717) is 16.4 Å². The third-order valence-corrected chi connectivity index (χ3v) is 6.59. The number of aromatic nitrogens is 2. The highest BCUT2D eigenvalue weighted by atomic mass is 35.5. The molecule has 2 heterocycles. The molecule has 0 aliphatic rings.